The topological polar surface area (TPSA) is 78.5 Å². The van der Waals surface area contributed by atoms with Gasteiger partial charge in [0.05, 0.1) is 4.88 Å². The summed E-state index contributed by atoms with van der Waals surface area (Å²) in [6, 6.07) is 11.9. The Morgan fingerprint density at radius 1 is 1.00 bits per heavy atom. The van der Waals surface area contributed by atoms with E-state index < -0.39 is 6.04 Å². The highest BCUT2D eigenvalue weighted by Gasteiger charge is 2.34. The van der Waals surface area contributed by atoms with Gasteiger partial charge in [0, 0.05) is 25.0 Å². The quantitative estimate of drug-likeness (QED) is 0.746. The van der Waals surface area contributed by atoms with Crippen LogP contribution >= 0.6 is 11.3 Å². The molecule has 158 valence electrons. The lowest BCUT2D eigenvalue weighted by Gasteiger charge is -2.23. The van der Waals surface area contributed by atoms with Gasteiger partial charge in [-0.2, -0.15) is 0 Å². The molecule has 0 spiro atoms. The van der Waals surface area contributed by atoms with Gasteiger partial charge >= 0.3 is 0 Å². The smallest absolute Gasteiger partial charge is 0.262 e. The second kappa shape index (κ2) is 9.43. The largest absolute Gasteiger partial charge is 0.349 e. The van der Waals surface area contributed by atoms with Gasteiger partial charge in [0.2, 0.25) is 11.8 Å². The molecule has 2 aromatic rings. The first-order chi connectivity index (χ1) is 14.6. The Balaban J connectivity index is 1.40. The first-order valence-electron chi connectivity index (χ1n) is 10.6. The fourth-order valence-corrected chi connectivity index (χ4v) is 4.98. The van der Waals surface area contributed by atoms with Crippen molar-refractivity contribution in [2.75, 3.05) is 13.1 Å². The zero-order valence-electron chi connectivity index (χ0n) is 16.9. The summed E-state index contributed by atoms with van der Waals surface area (Å²) in [5, 5.41) is 7.76. The van der Waals surface area contributed by atoms with E-state index in [0.717, 1.165) is 37.7 Å². The second-order valence-electron chi connectivity index (χ2n) is 8.05. The molecule has 2 fully saturated rings. The standard InChI is InChI=1S/C23H27N3O3S/c27-21(19-11-6-14-30-19)25-20(16-7-2-1-3-8-16)22(28)24-18-12-13-26(15-18)23(29)17-9-4-5-10-17/h1-3,6-8,11,14,17-18,20H,4-5,9-10,12-13,15H2,(H,24,28)(H,25,27). The summed E-state index contributed by atoms with van der Waals surface area (Å²) < 4.78 is 0. The molecule has 1 aromatic heterocycles. The highest BCUT2D eigenvalue weighted by Crippen LogP contribution is 2.28. The minimum Gasteiger partial charge on any atom is -0.349 e. The van der Waals surface area contributed by atoms with Gasteiger partial charge in [0.15, 0.2) is 0 Å². The predicted octanol–water partition coefficient (Wildman–Crippen LogP) is 3.13. The number of carbonyl (C=O) groups is 3. The molecule has 2 atom stereocenters. The van der Waals surface area contributed by atoms with Crippen LogP contribution in [0.1, 0.15) is 53.4 Å². The first-order valence-corrected chi connectivity index (χ1v) is 11.5. The molecule has 2 heterocycles. The van der Waals surface area contributed by atoms with Crippen molar-refractivity contribution in [3.05, 3.63) is 58.3 Å². The minimum atomic E-state index is -0.777. The van der Waals surface area contributed by atoms with Crippen LogP contribution in [0.2, 0.25) is 0 Å². The summed E-state index contributed by atoms with van der Waals surface area (Å²) in [5.74, 6) is -0.124. The van der Waals surface area contributed by atoms with E-state index in [1.807, 2.05) is 46.7 Å². The normalized spacial score (nSPS) is 20.1. The molecular formula is C23H27N3O3S. The minimum absolute atomic E-state index is 0.0901. The van der Waals surface area contributed by atoms with Gasteiger partial charge in [-0.1, -0.05) is 49.2 Å². The number of hydrogen-bond acceptors (Lipinski definition) is 4. The van der Waals surface area contributed by atoms with E-state index >= 15 is 0 Å². The molecule has 0 radical (unpaired) electrons. The Hall–Kier alpha value is -2.67. The molecule has 30 heavy (non-hydrogen) atoms. The van der Waals surface area contributed by atoms with Crippen LogP contribution in [0.25, 0.3) is 0 Å². The van der Waals surface area contributed by atoms with E-state index in [0.29, 0.717) is 18.0 Å². The van der Waals surface area contributed by atoms with Crippen molar-refractivity contribution >= 4 is 29.1 Å². The van der Waals surface area contributed by atoms with E-state index in [1.54, 1.807) is 6.07 Å². The van der Waals surface area contributed by atoms with E-state index in [1.165, 1.54) is 11.3 Å². The number of benzene rings is 1. The van der Waals surface area contributed by atoms with Crippen LogP contribution in [-0.4, -0.2) is 41.8 Å². The molecule has 2 aliphatic rings. The maximum atomic E-state index is 13.1. The average molecular weight is 426 g/mol. The summed E-state index contributed by atoms with van der Waals surface area (Å²) in [6.07, 6.45) is 4.97. The van der Waals surface area contributed by atoms with Crippen LogP contribution in [0.15, 0.2) is 47.8 Å². The molecule has 1 saturated heterocycles. The SMILES string of the molecule is O=C(NC(C(=O)NC1CCN(C(=O)C2CCCC2)C1)c1ccccc1)c1cccs1. The summed E-state index contributed by atoms with van der Waals surface area (Å²) in [6.45, 7) is 1.22. The molecule has 1 aliphatic carbocycles. The number of hydrogen-bond donors (Lipinski definition) is 2. The van der Waals surface area contributed by atoms with Gasteiger partial charge in [0.1, 0.15) is 6.04 Å². The Bertz CT molecular complexity index is 878. The number of rotatable bonds is 6. The third-order valence-corrected chi connectivity index (χ3v) is 6.83. The van der Waals surface area contributed by atoms with Crippen molar-refractivity contribution in [3.63, 3.8) is 0 Å². The van der Waals surface area contributed by atoms with Crippen molar-refractivity contribution < 1.29 is 14.4 Å². The monoisotopic (exact) mass is 425 g/mol. The summed E-state index contributed by atoms with van der Waals surface area (Å²) in [7, 11) is 0. The molecule has 6 nitrogen and oxygen atoms in total. The molecule has 0 bridgehead atoms. The van der Waals surface area contributed by atoms with Gasteiger partial charge in [-0.3, -0.25) is 14.4 Å². The van der Waals surface area contributed by atoms with Gasteiger partial charge in [0.25, 0.3) is 5.91 Å². The number of likely N-dealkylation sites (tertiary alicyclic amines) is 1. The summed E-state index contributed by atoms with van der Waals surface area (Å²) >= 11 is 1.34. The lowest BCUT2D eigenvalue weighted by molar-refractivity contribution is -0.134. The van der Waals surface area contributed by atoms with Crippen LogP contribution < -0.4 is 10.6 Å². The van der Waals surface area contributed by atoms with Crippen LogP contribution in [0.4, 0.5) is 0 Å². The van der Waals surface area contributed by atoms with Crippen molar-refractivity contribution in [2.45, 2.75) is 44.2 Å². The Labute approximate surface area is 180 Å². The molecule has 1 aromatic carbocycles. The number of carbonyl (C=O) groups excluding carboxylic acids is 3. The maximum Gasteiger partial charge on any atom is 0.262 e. The predicted molar refractivity (Wildman–Crippen MR) is 116 cm³/mol. The van der Waals surface area contributed by atoms with E-state index in [9.17, 15) is 14.4 Å². The van der Waals surface area contributed by atoms with Crippen molar-refractivity contribution in [3.8, 4) is 0 Å². The maximum absolute atomic E-state index is 13.1. The highest BCUT2D eigenvalue weighted by molar-refractivity contribution is 7.12. The van der Waals surface area contributed by atoms with Gasteiger partial charge in [-0.15, -0.1) is 11.3 Å². The zero-order chi connectivity index (χ0) is 20.9. The Morgan fingerprint density at radius 2 is 1.77 bits per heavy atom. The van der Waals surface area contributed by atoms with Crippen molar-refractivity contribution in [1.29, 1.82) is 0 Å². The molecule has 3 amide bonds. The molecule has 2 unspecified atom stereocenters. The molecule has 2 N–H and O–H groups in total. The third kappa shape index (κ3) is 4.73. The first kappa shape index (κ1) is 20.6. The average Bonchev–Trinajstić information content (AvgIpc) is 3.54. The fourth-order valence-electron chi connectivity index (χ4n) is 4.35. The lowest BCUT2D eigenvalue weighted by Crippen LogP contribution is -2.45. The number of amides is 3. The van der Waals surface area contributed by atoms with Gasteiger partial charge in [-0.25, -0.2) is 0 Å². The third-order valence-electron chi connectivity index (χ3n) is 5.97. The molecule has 4 rings (SSSR count). The van der Waals surface area contributed by atoms with Crippen LogP contribution in [0.5, 0.6) is 0 Å². The lowest BCUT2D eigenvalue weighted by atomic mass is 10.1. The number of nitrogens with zero attached hydrogens (tertiary/aromatic N) is 1. The zero-order valence-corrected chi connectivity index (χ0v) is 17.7. The van der Waals surface area contributed by atoms with Crippen LogP contribution in [-0.2, 0) is 9.59 Å². The molecule has 1 saturated carbocycles. The van der Waals surface area contributed by atoms with Crippen molar-refractivity contribution in [1.82, 2.24) is 15.5 Å². The fraction of sp³-hybridized carbons (Fsp3) is 0.435. The van der Waals surface area contributed by atoms with Crippen LogP contribution in [0.3, 0.4) is 0 Å². The molecule has 7 heteroatoms. The van der Waals surface area contributed by atoms with E-state index in [-0.39, 0.29) is 29.7 Å². The number of nitrogens with one attached hydrogen (secondary N) is 2. The molecular weight excluding hydrogens is 398 g/mol. The van der Waals surface area contributed by atoms with Crippen molar-refractivity contribution in [2.24, 2.45) is 5.92 Å². The Morgan fingerprint density at radius 3 is 2.47 bits per heavy atom. The van der Waals surface area contributed by atoms with Gasteiger partial charge in [-0.05, 0) is 36.3 Å². The molecule has 1 aliphatic heterocycles. The van der Waals surface area contributed by atoms with E-state index in [4.69, 9.17) is 0 Å². The summed E-state index contributed by atoms with van der Waals surface area (Å²) in [5.41, 5.74) is 0.733. The van der Waals surface area contributed by atoms with E-state index in [2.05, 4.69) is 10.6 Å². The highest BCUT2D eigenvalue weighted by atomic mass is 32.1. The Kier molecular flexibility index (Phi) is 6.47. The van der Waals surface area contributed by atoms with Crippen LogP contribution in [0, 0.1) is 5.92 Å². The number of thiophene rings is 1. The summed E-state index contributed by atoms with van der Waals surface area (Å²) in [4.78, 5) is 40.8. The second-order valence-corrected chi connectivity index (χ2v) is 9.00. The van der Waals surface area contributed by atoms with Gasteiger partial charge < -0.3 is 15.5 Å².